The van der Waals surface area contributed by atoms with Crippen molar-refractivity contribution in [2.45, 2.75) is 84.5 Å². The molecule has 0 bridgehead atoms. The average Bonchev–Trinajstić information content (AvgIpc) is 2.31. The molecule has 0 aliphatic rings. The lowest BCUT2D eigenvalue weighted by atomic mass is 9.98. The predicted molar refractivity (Wildman–Crippen MR) is 73.3 cm³/mol. The second-order valence-corrected chi connectivity index (χ2v) is 5.06. The summed E-state index contributed by atoms with van der Waals surface area (Å²) in [5.74, 6) is -0.730. The summed E-state index contributed by atoms with van der Waals surface area (Å²) in [4.78, 5) is 10.8. The van der Waals surface area contributed by atoms with Crippen LogP contribution in [0, 0.1) is 5.92 Å². The van der Waals surface area contributed by atoms with Crippen LogP contribution in [0.5, 0.6) is 0 Å². The van der Waals surface area contributed by atoms with E-state index in [0.717, 1.165) is 19.3 Å². The van der Waals surface area contributed by atoms with Crippen LogP contribution in [0.2, 0.25) is 0 Å². The van der Waals surface area contributed by atoms with E-state index in [4.69, 9.17) is 5.11 Å². The molecule has 17 heavy (non-hydrogen) atoms. The third-order valence-corrected chi connectivity index (χ3v) is 3.50. The number of hydrogen-bond donors (Lipinski definition) is 1. The van der Waals surface area contributed by atoms with Crippen LogP contribution in [-0.4, -0.2) is 11.1 Å². The number of unbranched alkanes of at least 4 members (excludes halogenated alkanes) is 8. The fourth-order valence-corrected chi connectivity index (χ4v) is 2.20. The summed E-state index contributed by atoms with van der Waals surface area (Å²) in [5.41, 5.74) is 0. The van der Waals surface area contributed by atoms with Gasteiger partial charge in [0.15, 0.2) is 0 Å². The first-order valence-corrected chi connectivity index (χ1v) is 7.45. The Morgan fingerprint density at radius 3 is 1.76 bits per heavy atom. The molecule has 102 valence electrons. The van der Waals surface area contributed by atoms with Crippen molar-refractivity contribution in [2.75, 3.05) is 0 Å². The Morgan fingerprint density at radius 2 is 1.35 bits per heavy atom. The number of aliphatic carboxylic acids is 1. The Bertz CT molecular complexity index is 178. The minimum absolute atomic E-state index is 0.112. The molecule has 0 aliphatic carbocycles. The first-order chi connectivity index (χ1) is 8.22. The minimum atomic E-state index is -0.618. The highest BCUT2D eigenvalue weighted by molar-refractivity contribution is 5.69. The summed E-state index contributed by atoms with van der Waals surface area (Å²) in [6.45, 7) is 4.21. The highest BCUT2D eigenvalue weighted by Gasteiger charge is 2.13. The Labute approximate surface area is 107 Å². The van der Waals surface area contributed by atoms with Gasteiger partial charge in [0.1, 0.15) is 0 Å². The van der Waals surface area contributed by atoms with Gasteiger partial charge in [-0.2, -0.15) is 0 Å². The highest BCUT2D eigenvalue weighted by atomic mass is 16.4. The van der Waals surface area contributed by atoms with Crippen molar-refractivity contribution in [3.8, 4) is 0 Å². The molecule has 0 heterocycles. The smallest absolute Gasteiger partial charge is 0.306 e. The van der Waals surface area contributed by atoms with Crippen LogP contribution in [0.1, 0.15) is 84.5 Å². The Balaban J connectivity index is 3.20. The fourth-order valence-electron chi connectivity index (χ4n) is 2.20. The van der Waals surface area contributed by atoms with Gasteiger partial charge in [-0.1, -0.05) is 71.6 Å². The van der Waals surface area contributed by atoms with Crippen LogP contribution in [0.25, 0.3) is 0 Å². The molecule has 0 aliphatic heterocycles. The van der Waals surface area contributed by atoms with Gasteiger partial charge < -0.3 is 5.11 Å². The van der Waals surface area contributed by atoms with Gasteiger partial charge in [-0.25, -0.2) is 0 Å². The van der Waals surface area contributed by atoms with Crippen LogP contribution in [0.4, 0.5) is 0 Å². The molecule has 1 atom stereocenters. The molecule has 2 heteroatoms. The average molecular weight is 242 g/mol. The van der Waals surface area contributed by atoms with Gasteiger partial charge in [-0.15, -0.1) is 0 Å². The molecular formula is C15H30O2. The van der Waals surface area contributed by atoms with Gasteiger partial charge in [0, 0.05) is 0 Å². The van der Waals surface area contributed by atoms with E-state index < -0.39 is 5.97 Å². The van der Waals surface area contributed by atoms with Gasteiger partial charge in [0.25, 0.3) is 0 Å². The van der Waals surface area contributed by atoms with E-state index in [1.54, 1.807) is 0 Å². The Hall–Kier alpha value is -0.530. The summed E-state index contributed by atoms with van der Waals surface area (Å²) in [6, 6.07) is 0. The zero-order valence-electron chi connectivity index (χ0n) is 11.7. The van der Waals surface area contributed by atoms with Crippen LogP contribution in [0.3, 0.4) is 0 Å². The minimum Gasteiger partial charge on any atom is -0.481 e. The van der Waals surface area contributed by atoms with Crippen molar-refractivity contribution in [1.82, 2.24) is 0 Å². The topological polar surface area (TPSA) is 37.3 Å². The standard InChI is InChI=1S/C15H30O2/c1-3-5-6-7-8-9-10-11-12-13-14(4-2)15(16)17/h14H,3-13H2,1-2H3,(H,16,17). The van der Waals surface area contributed by atoms with Crippen molar-refractivity contribution >= 4 is 5.97 Å². The van der Waals surface area contributed by atoms with Gasteiger partial charge in [0.05, 0.1) is 5.92 Å². The summed E-state index contributed by atoms with van der Waals surface area (Å²) in [6.07, 6.45) is 13.3. The second-order valence-electron chi connectivity index (χ2n) is 5.06. The maximum Gasteiger partial charge on any atom is 0.306 e. The lowest BCUT2D eigenvalue weighted by Gasteiger charge is -2.08. The van der Waals surface area contributed by atoms with Crippen LogP contribution < -0.4 is 0 Å². The maximum absolute atomic E-state index is 10.8. The molecule has 1 unspecified atom stereocenters. The third-order valence-electron chi connectivity index (χ3n) is 3.50. The molecule has 0 aromatic rings. The van der Waals surface area contributed by atoms with Crippen LogP contribution in [0.15, 0.2) is 0 Å². The molecule has 0 fully saturated rings. The van der Waals surface area contributed by atoms with E-state index in [0.29, 0.717) is 0 Å². The molecule has 1 N–H and O–H groups in total. The van der Waals surface area contributed by atoms with Gasteiger partial charge in [-0.3, -0.25) is 4.79 Å². The van der Waals surface area contributed by atoms with Gasteiger partial charge in [-0.05, 0) is 12.8 Å². The van der Waals surface area contributed by atoms with E-state index in [9.17, 15) is 4.79 Å². The van der Waals surface area contributed by atoms with Crippen molar-refractivity contribution in [2.24, 2.45) is 5.92 Å². The molecule has 0 saturated heterocycles. The quantitative estimate of drug-likeness (QED) is 0.488. The first-order valence-electron chi connectivity index (χ1n) is 7.45. The monoisotopic (exact) mass is 242 g/mol. The lowest BCUT2D eigenvalue weighted by Crippen LogP contribution is -2.12. The lowest BCUT2D eigenvalue weighted by molar-refractivity contribution is -0.142. The van der Waals surface area contributed by atoms with Crippen LogP contribution in [-0.2, 0) is 4.79 Å². The molecule has 0 aromatic carbocycles. The van der Waals surface area contributed by atoms with E-state index >= 15 is 0 Å². The van der Waals surface area contributed by atoms with E-state index in [-0.39, 0.29) is 5.92 Å². The third kappa shape index (κ3) is 10.3. The summed E-state index contributed by atoms with van der Waals surface area (Å²) in [5, 5.41) is 8.90. The molecule has 0 amide bonds. The molecular weight excluding hydrogens is 212 g/mol. The van der Waals surface area contributed by atoms with Gasteiger partial charge >= 0.3 is 5.97 Å². The zero-order chi connectivity index (χ0) is 12.9. The van der Waals surface area contributed by atoms with Crippen molar-refractivity contribution in [3.63, 3.8) is 0 Å². The zero-order valence-corrected chi connectivity index (χ0v) is 11.7. The molecule has 0 spiro atoms. The van der Waals surface area contributed by atoms with Crippen LogP contribution >= 0.6 is 0 Å². The van der Waals surface area contributed by atoms with Gasteiger partial charge in [0.2, 0.25) is 0 Å². The summed E-state index contributed by atoms with van der Waals surface area (Å²) in [7, 11) is 0. The Kier molecular flexibility index (Phi) is 11.6. The summed E-state index contributed by atoms with van der Waals surface area (Å²) >= 11 is 0. The second kappa shape index (κ2) is 11.9. The maximum atomic E-state index is 10.8. The number of rotatable bonds is 12. The van der Waals surface area contributed by atoms with Crippen molar-refractivity contribution in [1.29, 1.82) is 0 Å². The Morgan fingerprint density at radius 1 is 0.882 bits per heavy atom. The predicted octanol–water partition coefficient (Wildman–Crippen LogP) is 5.02. The fraction of sp³-hybridized carbons (Fsp3) is 0.933. The normalized spacial score (nSPS) is 12.6. The highest BCUT2D eigenvalue weighted by Crippen LogP contribution is 2.15. The van der Waals surface area contributed by atoms with E-state index in [2.05, 4.69) is 6.92 Å². The SMILES string of the molecule is CCCCCCCCCCCC(CC)C(=O)O. The number of carboxylic acid groups (broad SMARTS) is 1. The number of carbonyl (C=O) groups is 1. The first kappa shape index (κ1) is 16.5. The van der Waals surface area contributed by atoms with E-state index in [1.807, 2.05) is 6.92 Å². The molecule has 0 saturated carbocycles. The number of hydrogen-bond acceptors (Lipinski definition) is 1. The largest absolute Gasteiger partial charge is 0.481 e. The molecule has 0 aromatic heterocycles. The summed E-state index contributed by atoms with van der Waals surface area (Å²) < 4.78 is 0. The number of carboxylic acids is 1. The van der Waals surface area contributed by atoms with E-state index in [1.165, 1.54) is 51.4 Å². The van der Waals surface area contributed by atoms with Crippen molar-refractivity contribution in [3.05, 3.63) is 0 Å². The molecule has 0 rings (SSSR count). The molecule has 2 nitrogen and oxygen atoms in total. The molecule has 0 radical (unpaired) electrons. The van der Waals surface area contributed by atoms with Crippen molar-refractivity contribution < 1.29 is 9.90 Å².